The molecule has 0 bridgehead atoms. The van der Waals surface area contributed by atoms with Crippen molar-refractivity contribution in [3.05, 3.63) is 77.9 Å². The van der Waals surface area contributed by atoms with Gasteiger partial charge in [-0.05, 0) is 74.7 Å². The van der Waals surface area contributed by atoms with Crippen LogP contribution in [-0.2, 0) is 24.8 Å². The van der Waals surface area contributed by atoms with Crippen molar-refractivity contribution in [1.82, 2.24) is 4.31 Å². The SMILES string of the molecule is COc1ccc(S(=O)(=O)N2CCCCC2)cc1NC(=O)CN(c1cccc(C)c1)S(=O)(=O)c1ccc(C)cc1. The molecule has 1 N–H and O–H groups in total. The van der Waals surface area contributed by atoms with Crippen molar-refractivity contribution in [3.63, 3.8) is 0 Å². The highest BCUT2D eigenvalue weighted by molar-refractivity contribution is 7.92. The van der Waals surface area contributed by atoms with E-state index < -0.39 is 32.5 Å². The summed E-state index contributed by atoms with van der Waals surface area (Å²) in [5, 5.41) is 2.67. The van der Waals surface area contributed by atoms with Crippen LogP contribution in [0, 0.1) is 13.8 Å². The van der Waals surface area contributed by atoms with Gasteiger partial charge < -0.3 is 10.1 Å². The fraction of sp³-hybridized carbons (Fsp3) is 0.321. The predicted octanol–water partition coefficient (Wildman–Crippen LogP) is 4.32. The van der Waals surface area contributed by atoms with Crippen molar-refractivity contribution in [2.45, 2.75) is 42.9 Å². The zero-order chi connectivity index (χ0) is 28.2. The van der Waals surface area contributed by atoms with Crippen LogP contribution < -0.4 is 14.4 Å². The van der Waals surface area contributed by atoms with Crippen LogP contribution in [0.25, 0.3) is 0 Å². The number of anilines is 2. The van der Waals surface area contributed by atoms with Crippen LogP contribution in [0.2, 0.25) is 0 Å². The van der Waals surface area contributed by atoms with Crippen LogP contribution in [0.1, 0.15) is 30.4 Å². The summed E-state index contributed by atoms with van der Waals surface area (Å²) < 4.78 is 61.6. The molecule has 0 atom stereocenters. The Bertz CT molecular complexity index is 1550. The highest BCUT2D eigenvalue weighted by Crippen LogP contribution is 2.31. The largest absolute Gasteiger partial charge is 0.495 e. The molecule has 0 unspecified atom stereocenters. The van der Waals surface area contributed by atoms with Gasteiger partial charge in [0.15, 0.2) is 0 Å². The molecule has 1 saturated heterocycles. The van der Waals surface area contributed by atoms with Crippen molar-refractivity contribution < 1.29 is 26.4 Å². The van der Waals surface area contributed by atoms with E-state index in [9.17, 15) is 21.6 Å². The second-order valence-corrected chi connectivity index (χ2v) is 13.3. The Labute approximate surface area is 230 Å². The number of carbonyl (C=O) groups excluding carboxylic acids is 1. The lowest BCUT2D eigenvalue weighted by atomic mass is 10.2. The number of nitrogens with one attached hydrogen (secondary N) is 1. The molecule has 3 aromatic carbocycles. The van der Waals surface area contributed by atoms with Crippen molar-refractivity contribution in [3.8, 4) is 5.75 Å². The summed E-state index contributed by atoms with van der Waals surface area (Å²) in [6, 6.07) is 17.5. The van der Waals surface area contributed by atoms with Gasteiger partial charge in [-0.25, -0.2) is 16.8 Å². The molecular weight excluding hydrogens is 538 g/mol. The number of rotatable bonds is 9. The average molecular weight is 572 g/mol. The third-order valence-corrected chi connectivity index (χ3v) is 10.3. The summed E-state index contributed by atoms with van der Waals surface area (Å²) in [5.74, 6) is -0.401. The summed E-state index contributed by atoms with van der Waals surface area (Å²) in [6.07, 6.45) is 2.57. The third-order valence-electron chi connectivity index (χ3n) is 6.58. The topological polar surface area (TPSA) is 113 Å². The summed E-state index contributed by atoms with van der Waals surface area (Å²) in [6.45, 7) is 4.04. The van der Waals surface area contributed by atoms with E-state index in [1.54, 1.807) is 30.3 Å². The van der Waals surface area contributed by atoms with Gasteiger partial charge >= 0.3 is 0 Å². The van der Waals surface area contributed by atoms with Gasteiger partial charge in [-0.2, -0.15) is 4.31 Å². The van der Waals surface area contributed by atoms with Crippen LogP contribution in [0.4, 0.5) is 11.4 Å². The Balaban J connectivity index is 1.65. The lowest BCUT2D eigenvalue weighted by molar-refractivity contribution is -0.114. The highest BCUT2D eigenvalue weighted by atomic mass is 32.2. The van der Waals surface area contributed by atoms with Gasteiger partial charge in [0, 0.05) is 13.1 Å². The molecular formula is C28H33N3O6S2. The molecule has 39 heavy (non-hydrogen) atoms. The van der Waals surface area contributed by atoms with Gasteiger partial charge in [0.05, 0.1) is 28.3 Å². The zero-order valence-corrected chi connectivity index (χ0v) is 23.9. The second kappa shape index (κ2) is 11.8. The van der Waals surface area contributed by atoms with Gasteiger partial charge in [0.25, 0.3) is 10.0 Å². The Kier molecular flexibility index (Phi) is 8.63. The van der Waals surface area contributed by atoms with Gasteiger partial charge in [0.1, 0.15) is 12.3 Å². The molecule has 1 heterocycles. The molecule has 11 heteroatoms. The fourth-order valence-corrected chi connectivity index (χ4v) is 7.41. The first-order valence-corrected chi connectivity index (χ1v) is 15.5. The first-order chi connectivity index (χ1) is 18.5. The van der Waals surface area contributed by atoms with E-state index in [1.807, 2.05) is 19.9 Å². The van der Waals surface area contributed by atoms with Crippen molar-refractivity contribution >= 4 is 37.3 Å². The number of amides is 1. The monoisotopic (exact) mass is 571 g/mol. The molecule has 3 aromatic rings. The molecule has 1 fully saturated rings. The zero-order valence-electron chi connectivity index (χ0n) is 22.3. The smallest absolute Gasteiger partial charge is 0.264 e. The molecule has 9 nitrogen and oxygen atoms in total. The van der Waals surface area contributed by atoms with E-state index in [1.165, 1.54) is 41.7 Å². The number of nitrogens with zero attached hydrogens (tertiary/aromatic N) is 2. The number of piperidine rings is 1. The van der Waals surface area contributed by atoms with Crippen LogP contribution in [0.5, 0.6) is 5.75 Å². The third kappa shape index (κ3) is 6.43. The maximum Gasteiger partial charge on any atom is 0.264 e. The summed E-state index contributed by atoms with van der Waals surface area (Å²) in [4.78, 5) is 13.4. The van der Waals surface area contributed by atoms with Crippen LogP contribution in [-0.4, -0.2) is 53.8 Å². The molecule has 4 rings (SSSR count). The van der Waals surface area contributed by atoms with E-state index in [2.05, 4.69) is 5.32 Å². The number of carbonyl (C=O) groups is 1. The Morgan fingerprint density at radius 1 is 0.872 bits per heavy atom. The molecule has 0 radical (unpaired) electrons. The van der Waals surface area contributed by atoms with E-state index in [-0.39, 0.29) is 21.2 Å². The maximum atomic E-state index is 13.7. The minimum Gasteiger partial charge on any atom is -0.495 e. The van der Waals surface area contributed by atoms with Crippen LogP contribution >= 0.6 is 0 Å². The number of sulfonamides is 2. The lowest BCUT2D eigenvalue weighted by Gasteiger charge is -2.26. The van der Waals surface area contributed by atoms with Gasteiger partial charge in [-0.3, -0.25) is 9.10 Å². The number of hydrogen-bond donors (Lipinski definition) is 1. The summed E-state index contributed by atoms with van der Waals surface area (Å²) in [7, 11) is -6.45. The number of methoxy groups -OCH3 is 1. The highest BCUT2D eigenvalue weighted by Gasteiger charge is 2.29. The first-order valence-electron chi connectivity index (χ1n) is 12.7. The molecule has 1 aliphatic heterocycles. The number of benzene rings is 3. The van der Waals surface area contributed by atoms with Crippen LogP contribution in [0.15, 0.2) is 76.5 Å². The van der Waals surface area contributed by atoms with Crippen LogP contribution in [0.3, 0.4) is 0 Å². The van der Waals surface area contributed by atoms with E-state index >= 15 is 0 Å². The second-order valence-electron chi connectivity index (χ2n) is 9.54. The quantitative estimate of drug-likeness (QED) is 0.409. The van der Waals surface area contributed by atoms with Gasteiger partial charge in [-0.1, -0.05) is 36.2 Å². The lowest BCUT2D eigenvalue weighted by Crippen LogP contribution is -2.38. The van der Waals surface area contributed by atoms with E-state index in [0.717, 1.165) is 34.7 Å². The molecule has 0 spiro atoms. The summed E-state index contributed by atoms with van der Waals surface area (Å²) in [5.41, 5.74) is 2.20. The number of ether oxygens (including phenoxy) is 1. The first kappa shape index (κ1) is 28.6. The van der Waals surface area contributed by atoms with E-state index in [4.69, 9.17) is 4.74 Å². The predicted molar refractivity (Wildman–Crippen MR) is 151 cm³/mol. The average Bonchev–Trinajstić information content (AvgIpc) is 2.92. The fourth-order valence-electron chi connectivity index (χ4n) is 4.46. The molecule has 1 aliphatic rings. The molecule has 0 aromatic heterocycles. The Morgan fingerprint density at radius 2 is 1.54 bits per heavy atom. The molecule has 0 aliphatic carbocycles. The summed E-state index contributed by atoms with van der Waals surface area (Å²) >= 11 is 0. The minimum absolute atomic E-state index is 0.0308. The van der Waals surface area contributed by atoms with Gasteiger partial charge in [0.2, 0.25) is 15.9 Å². The minimum atomic E-state index is -4.10. The molecule has 1 amide bonds. The number of hydrogen-bond acceptors (Lipinski definition) is 6. The molecule has 0 saturated carbocycles. The Hall–Kier alpha value is -3.41. The van der Waals surface area contributed by atoms with Crippen molar-refractivity contribution in [2.75, 3.05) is 36.4 Å². The number of aryl methyl sites for hydroxylation is 2. The van der Waals surface area contributed by atoms with Crippen molar-refractivity contribution in [2.24, 2.45) is 0 Å². The van der Waals surface area contributed by atoms with E-state index in [0.29, 0.717) is 18.8 Å². The Morgan fingerprint density at radius 3 is 2.18 bits per heavy atom. The molecule has 208 valence electrons. The maximum absolute atomic E-state index is 13.7. The standard InChI is InChI=1S/C28H33N3O6S2/c1-21-10-12-24(13-11-21)39(35,36)31(23-9-7-8-22(2)18-23)20-28(32)29-26-19-25(14-15-27(26)37-3)38(33,34)30-16-5-4-6-17-30/h7-15,18-19H,4-6,16-17,20H2,1-3H3,(H,29,32). The van der Waals surface area contributed by atoms with Crippen molar-refractivity contribution in [1.29, 1.82) is 0 Å². The normalized spacial score (nSPS) is 14.5. The van der Waals surface area contributed by atoms with Gasteiger partial charge in [-0.15, -0.1) is 0 Å².